The van der Waals surface area contributed by atoms with Crippen LogP contribution in [0, 0.1) is 5.92 Å². The minimum absolute atomic E-state index is 0.0781. The van der Waals surface area contributed by atoms with E-state index in [2.05, 4.69) is 10.6 Å². The van der Waals surface area contributed by atoms with Crippen LogP contribution in [0.25, 0.3) is 0 Å². The topological polar surface area (TPSA) is 67.4 Å². The summed E-state index contributed by atoms with van der Waals surface area (Å²) in [5.41, 5.74) is 2.34. The largest absolute Gasteiger partial charge is 0.380 e. The highest BCUT2D eigenvalue weighted by Crippen LogP contribution is 2.16. The molecule has 27 heavy (non-hydrogen) atoms. The number of amides is 2. The lowest BCUT2D eigenvalue weighted by molar-refractivity contribution is -0.124. The summed E-state index contributed by atoms with van der Waals surface area (Å²) >= 11 is 6.08. The molecule has 5 nitrogen and oxygen atoms in total. The molecule has 2 amide bonds. The summed E-state index contributed by atoms with van der Waals surface area (Å²) in [7, 11) is 1.63. The second-order valence-corrected chi connectivity index (χ2v) is 7.00. The van der Waals surface area contributed by atoms with Crippen molar-refractivity contribution in [3.63, 3.8) is 0 Å². The van der Waals surface area contributed by atoms with Gasteiger partial charge in [0.25, 0.3) is 5.91 Å². The normalized spacial score (nSPS) is 11.9. The van der Waals surface area contributed by atoms with Crippen molar-refractivity contribution in [3.8, 4) is 0 Å². The Bertz CT molecular complexity index is 793. The number of carbonyl (C=O) groups is 2. The van der Waals surface area contributed by atoms with Crippen molar-refractivity contribution in [2.75, 3.05) is 7.11 Å². The molecule has 0 aromatic heterocycles. The molecule has 0 radical (unpaired) electrons. The SMILES string of the molecule is COCc1ccccc1CNC(=O)C(NC(=O)c1ccccc1Cl)C(C)C. The van der Waals surface area contributed by atoms with Crippen molar-refractivity contribution in [1.29, 1.82) is 0 Å². The Morgan fingerprint density at radius 2 is 1.67 bits per heavy atom. The monoisotopic (exact) mass is 388 g/mol. The maximum Gasteiger partial charge on any atom is 0.253 e. The Kier molecular flexibility index (Phi) is 7.82. The van der Waals surface area contributed by atoms with Gasteiger partial charge in [-0.2, -0.15) is 0 Å². The summed E-state index contributed by atoms with van der Waals surface area (Å²) in [4.78, 5) is 25.2. The van der Waals surface area contributed by atoms with Gasteiger partial charge in [0.15, 0.2) is 0 Å². The molecule has 0 saturated carbocycles. The summed E-state index contributed by atoms with van der Waals surface area (Å²) in [5, 5.41) is 6.05. The molecule has 0 aliphatic heterocycles. The number of halogens is 1. The van der Waals surface area contributed by atoms with E-state index in [1.54, 1.807) is 31.4 Å². The lowest BCUT2D eigenvalue weighted by Gasteiger charge is -2.22. The molecule has 0 fully saturated rings. The molecule has 2 aromatic rings. The van der Waals surface area contributed by atoms with Crippen LogP contribution in [0.5, 0.6) is 0 Å². The van der Waals surface area contributed by atoms with Gasteiger partial charge in [-0.3, -0.25) is 9.59 Å². The minimum Gasteiger partial charge on any atom is -0.380 e. The van der Waals surface area contributed by atoms with E-state index in [1.165, 1.54) is 0 Å². The predicted octanol–water partition coefficient (Wildman–Crippen LogP) is 3.56. The van der Waals surface area contributed by atoms with Gasteiger partial charge in [0, 0.05) is 13.7 Å². The molecule has 0 heterocycles. The van der Waals surface area contributed by atoms with E-state index in [-0.39, 0.29) is 17.7 Å². The second-order valence-electron chi connectivity index (χ2n) is 6.59. The molecule has 2 aromatic carbocycles. The molecule has 2 rings (SSSR count). The van der Waals surface area contributed by atoms with E-state index < -0.39 is 6.04 Å². The summed E-state index contributed by atoms with van der Waals surface area (Å²) in [5.74, 6) is -0.683. The van der Waals surface area contributed by atoms with Gasteiger partial charge in [-0.05, 0) is 29.2 Å². The van der Waals surface area contributed by atoms with E-state index in [1.807, 2.05) is 38.1 Å². The number of benzene rings is 2. The van der Waals surface area contributed by atoms with E-state index in [0.29, 0.717) is 23.7 Å². The van der Waals surface area contributed by atoms with Gasteiger partial charge in [-0.25, -0.2) is 0 Å². The second kappa shape index (κ2) is 10.1. The Morgan fingerprint density at radius 3 is 2.30 bits per heavy atom. The van der Waals surface area contributed by atoms with Crippen molar-refractivity contribution in [2.24, 2.45) is 5.92 Å². The zero-order valence-corrected chi connectivity index (χ0v) is 16.5. The van der Waals surface area contributed by atoms with Gasteiger partial charge in [-0.1, -0.05) is 61.8 Å². The Labute approximate surface area is 165 Å². The molecule has 0 saturated heterocycles. The summed E-state index contributed by atoms with van der Waals surface area (Å²) in [6.45, 7) is 4.61. The Hall–Kier alpha value is -2.37. The van der Waals surface area contributed by atoms with Gasteiger partial charge in [0.2, 0.25) is 5.91 Å². The first kappa shape index (κ1) is 20.9. The maximum atomic E-state index is 12.7. The number of carbonyl (C=O) groups excluding carboxylic acids is 2. The smallest absolute Gasteiger partial charge is 0.253 e. The number of methoxy groups -OCH3 is 1. The van der Waals surface area contributed by atoms with E-state index in [4.69, 9.17) is 16.3 Å². The summed E-state index contributed by atoms with van der Waals surface area (Å²) in [6.07, 6.45) is 0. The van der Waals surface area contributed by atoms with Crippen molar-refractivity contribution in [3.05, 3.63) is 70.2 Å². The number of hydrogen-bond donors (Lipinski definition) is 2. The van der Waals surface area contributed by atoms with Gasteiger partial charge < -0.3 is 15.4 Å². The third-order valence-corrected chi connectivity index (χ3v) is 4.56. The van der Waals surface area contributed by atoms with Crippen LogP contribution in [0.3, 0.4) is 0 Å². The van der Waals surface area contributed by atoms with E-state index in [9.17, 15) is 9.59 Å². The molecule has 144 valence electrons. The maximum absolute atomic E-state index is 12.7. The molecule has 0 aliphatic carbocycles. The van der Waals surface area contributed by atoms with Crippen LogP contribution in [0.2, 0.25) is 5.02 Å². The molecular weight excluding hydrogens is 364 g/mol. The molecule has 2 N–H and O–H groups in total. The first-order valence-corrected chi connectivity index (χ1v) is 9.20. The van der Waals surface area contributed by atoms with Crippen LogP contribution in [0.4, 0.5) is 0 Å². The number of rotatable bonds is 8. The summed E-state index contributed by atoms with van der Waals surface area (Å²) < 4.78 is 5.19. The molecule has 0 aliphatic rings. The van der Waals surface area contributed by atoms with Crippen LogP contribution < -0.4 is 10.6 Å². The number of ether oxygens (including phenoxy) is 1. The highest BCUT2D eigenvalue weighted by Gasteiger charge is 2.25. The lowest BCUT2D eigenvalue weighted by atomic mass is 10.0. The van der Waals surface area contributed by atoms with Crippen molar-refractivity contribution < 1.29 is 14.3 Å². The highest BCUT2D eigenvalue weighted by atomic mass is 35.5. The van der Waals surface area contributed by atoms with Crippen molar-refractivity contribution in [2.45, 2.75) is 33.0 Å². The highest BCUT2D eigenvalue weighted by molar-refractivity contribution is 6.33. The van der Waals surface area contributed by atoms with Gasteiger partial charge >= 0.3 is 0 Å². The molecular formula is C21H25ClN2O3. The van der Waals surface area contributed by atoms with E-state index >= 15 is 0 Å². The van der Waals surface area contributed by atoms with Gasteiger partial charge in [0.05, 0.1) is 17.2 Å². The first-order valence-electron chi connectivity index (χ1n) is 8.82. The average Bonchev–Trinajstić information content (AvgIpc) is 2.65. The first-order chi connectivity index (χ1) is 12.9. The van der Waals surface area contributed by atoms with Crippen LogP contribution >= 0.6 is 11.6 Å². The van der Waals surface area contributed by atoms with Gasteiger partial charge in [-0.15, -0.1) is 0 Å². The fourth-order valence-corrected chi connectivity index (χ4v) is 2.94. The molecule has 0 spiro atoms. The number of hydrogen-bond acceptors (Lipinski definition) is 3. The predicted molar refractivity (Wildman–Crippen MR) is 107 cm³/mol. The van der Waals surface area contributed by atoms with Crippen molar-refractivity contribution >= 4 is 23.4 Å². The molecule has 6 heteroatoms. The quantitative estimate of drug-likeness (QED) is 0.726. The number of nitrogens with one attached hydrogen (secondary N) is 2. The molecule has 1 unspecified atom stereocenters. The van der Waals surface area contributed by atoms with Crippen LogP contribution in [-0.4, -0.2) is 25.0 Å². The third-order valence-electron chi connectivity index (χ3n) is 4.23. The van der Waals surface area contributed by atoms with E-state index in [0.717, 1.165) is 11.1 Å². The van der Waals surface area contributed by atoms with Crippen LogP contribution in [0.15, 0.2) is 48.5 Å². The fourth-order valence-electron chi connectivity index (χ4n) is 2.72. The zero-order valence-electron chi connectivity index (χ0n) is 15.8. The zero-order chi connectivity index (χ0) is 19.8. The average molecular weight is 389 g/mol. The third kappa shape index (κ3) is 5.81. The van der Waals surface area contributed by atoms with Crippen LogP contribution in [-0.2, 0) is 22.7 Å². The minimum atomic E-state index is -0.664. The Balaban J connectivity index is 2.05. The standard InChI is InChI=1S/C21H25ClN2O3/c1-14(2)19(24-20(25)17-10-6-7-11-18(17)22)21(26)23-12-15-8-4-5-9-16(15)13-27-3/h4-11,14,19H,12-13H2,1-3H3,(H,23,26)(H,24,25). The lowest BCUT2D eigenvalue weighted by Crippen LogP contribution is -2.49. The van der Waals surface area contributed by atoms with Crippen LogP contribution in [0.1, 0.15) is 35.3 Å². The summed E-state index contributed by atoms with van der Waals surface area (Å²) in [6, 6.07) is 13.9. The molecule has 1 atom stereocenters. The molecule has 0 bridgehead atoms. The Morgan fingerprint density at radius 1 is 1.04 bits per heavy atom. The van der Waals surface area contributed by atoms with Crippen molar-refractivity contribution in [1.82, 2.24) is 10.6 Å². The fraction of sp³-hybridized carbons (Fsp3) is 0.333. The van der Waals surface area contributed by atoms with Gasteiger partial charge in [0.1, 0.15) is 6.04 Å².